The molecule has 0 amide bonds. The first-order chi connectivity index (χ1) is 7.91. The summed E-state index contributed by atoms with van der Waals surface area (Å²) in [7, 11) is 0. The second-order valence-electron chi connectivity index (χ2n) is 5.18. The summed E-state index contributed by atoms with van der Waals surface area (Å²) in [4.78, 5) is 12.0. The Bertz CT molecular complexity index is 478. The Kier molecular flexibility index (Phi) is 2.82. The van der Waals surface area contributed by atoms with Crippen LogP contribution < -0.4 is 0 Å². The third-order valence-corrected chi connectivity index (χ3v) is 3.33. The molecule has 0 N–H and O–H groups in total. The van der Waals surface area contributed by atoms with Gasteiger partial charge in [-0.15, -0.1) is 0 Å². The predicted octanol–water partition coefficient (Wildman–Crippen LogP) is 3.06. The molecule has 0 atom stereocenters. The van der Waals surface area contributed by atoms with Gasteiger partial charge in [-0.05, 0) is 56.5 Å². The van der Waals surface area contributed by atoms with Crippen molar-refractivity contribution in [3.8, 4) is 0 Å². The van der Waals surface area contributed by atoms with Gasteiger partial charge in [0.05, 0.1) is 5.41 Å². The lowest BCUT2D eigenvalue weighted by Crippen LogP contribution is -2.32. The SMILES string of the molecule is Cc1ccc(C(C)(C)C(=O)OC2C=C2)cc1C. The maximum atomic E-state index is 12.0. The molecule has 0 aliphatic heterocycles. The first-order valence-corrected chi connectivity index (χ1v) is 5.88. The molecule has 1 aliphatic carbocycles. The Balaban J connectivity index is 2.22. The monoisotopic (exact) mass is 230 g/mol. The fourth-order valence-corrected chi connectivity index (χ4v) is 1.64. The van der Waals surface area contributed by atoms with E-state index in [-0.39, 0.29) is 12.1 Å². The van der Waals surface area contributed by atoms with Crippen LogP contribution in [0.3, 0.4) is 0 Å². The van der Waals surface area contributed by atoms with E-state index in [9.17, 15) is 4.79 Å². The van der Waals surface area contributed by atoms with Gasteiger partial charge in [0, 0.05) is 0 Å². The normalized spacial score (nSPS) is 14.8. The van der Waals surface area contributed by atoms with E-state index >= 15 is 0 Å². The number of hydrogen-bond acceptors (Lipinski definition) is 2. The molecule has 0 aromatic heterocycles. The minimum absolute atomic E-state index is 0.0756. The smallest absolute Gasteiger partial charge is 0.316 e. The zero-order chi connectivity index (χ0) is 12.6. The van der Waals surface area contributed by atoms with Gasteiger partial charge >= 0.3 is 5.97 Å². The summed E-state index contributed by atoms with van der Waals surface area (Å²) in [5.74, 6) is -0.171. The lowest BCUT2D eigenvalue weighted by molar-refractivity contribution is -0.149. The van der Waals surface area contributed by atoms with E-state index in [0.29, 0.717) is 0 Å². The predicted molar refractivity (Wildman–Crippen MR) is 68.0 cm³/mol. The first-order valence-electron chi connectivity index (χ1n) is 5.88. The molecule has 0 bridgehead atoms. The van der Waals surface area contributed by atoms with Gasteiger partial charge in [0.1, 0.15) is 6.10 Å². The summed E-state index contributed by atoms with van der Waals surface area (Å²) in [5.41, 5.74) is 2.85. The zero-order valence-electron chi connectivity index (χ0n) is 10.8. The van der Waals surface area contributed by atoms with Crippen LogP contribution in [0.25, 0.3) is 0 Å². The standard InChI is InChI=1S/C15H18O2/c1-10-5-6-12(9-11(10)2)15(3,4)14(16)17-13-7-8-13/h5-9,13H,1-4H3. The van der Waals surface area contributed by atoms with Crippen molar-refractivity contribution < 1.29 is 9.53 Å². The van der Waals surface area contributed by atoms with Crippen LogP contribution in [-0.2, 0) is 14.9 Å². The van der Waals surface area contributed by atoms with Crippen molar-refractivity contribution in [1.82, 2.24) is 0 Å². The maximum Gasteiger partial charge on any atom is 0.316 e. The lowest BCUT2D eigenvalue weighted by atomic mass is 9.83. The second kappa shape index (κ2) is 4.02. The van der Waals surface area contributed by atoms with E-state index in [0.717, 1.165) is 5.56 Å². The van der Waals surface area contributed by atoms with E-state index in [1.54, 1.807) is 0 Å². The maximum absolute atomic E-state index is 12.0. The Morgan fingerprint density at radius 3 is 2.35 bits per heavy atom. The highest BCUT2D eigenvalue weighted by Crippen LogP contribution is 2.28. The molecule has 90 valence electrons. The molecular weight excluding hydrogens is 212 g/mol. The molecule has 0 saturated heterocycles. The topological polar surface area (TPSA) is 26.3 Å². The molecule has 2 rings (SSSR count). The minimum atomic E-state index is -0.595. The number of rotatable bonds is 3. The highest BCUT2D eigenvalue weighted by molar-refractivity contribution is 5.83. The number of ether oxygens (including phenoxy) is 1. The van der Waals surface area contributed by atoms with Gasteiger partial charge in [0.15, 0.2) is 0 Å². The highest BCUT2D eigenvalue weighted by atomic mass is 16.5. The molecule has 0 heterocycles. The first kappa shape index (κ1) is 11.9. The molecule has 1 aromatic rings. The molecule has 0 saturated carbocycles. The number of carbonyl (C=O) groups is 1. The number of aryl methyl sites for hydroxylation is 2. The van der Waals surface area contributed by atoms with Gasteiger partial charge in [-0.2, -0.15) is 0 Å². The quantitative estimate of drug-likeness (QED) is 0.589. The average Bonchev–Trinajstić information content (AvgIpc) is 3.05. The van der Waals surface area contributed by atoms with E-state index < -0.39 is 5.41 Å². The molecule has 0 radical (unpaired) electrons. The van der Waals surface area contributed by atoms with Gasteiger partial charge in [0.25, 0.3) is 0 Å². The number of carbonyl (C=O) groups excluding carboxylic acids is 1. The summed E-state index contributed by atoms with van der Waals surface area (Å²) < 4.78 is 5.30. The summed E-state index contributed by atoms with van der Waals surface area (Å²) in [6, 6.07) is 6.12. The molecule has 0 unspecified atom stereocenters. The molecule has 0 fully saturated rings. The van der Waals surface area contributed by atoms with Crippen molar-refractivity contribution in [3.63, 3.8) is 0 Å². The van der Waals surface area contributed by atoms with Crippen LogP contribution >= 0.6 is 0 Å². The Morgan fingerprint density at radius 2 is 1.82 bits per heavy atom. The zero-order valence-corrected chi connectivity index (χ0v) is 10.8. The molecule has 1 aromatic carbocycles. The highest BCUT2D eigenvalue weighted by Gasteiger charge is 2.34. The van der Waals surface area contributed by atoms with Crippen molar-refractivity contribution in [2.75, 3.05) is 0 Å². The molecule has 2 nitrogen and oxygen atoms in total. The van der Waals surface area contributed by atoms with Crippen molar-refractivity contribution in [2.24, 2.45) is 0 Å². The van der Waals surface area contributed by atoms with Crippen LogP contribution in [-0.4, -0.2) is 12.1 Å². The Labute approximate surface area is 102 Å². The minimum Gasteiger partial charge on any atom is -0.453 e. The van der Waals surface area contributed by atoms with E-state index in [1.165, 1.54) is 11.1 Å². The average molecular weight is 230 g/mol. The van der Waals surface area contributed by atoms with Gasteiger partial charge in [-0.25, -0.2) is 0 Å². The third-order valence-electron chi connectivity index (χ3n) is 3.33. The van der Waals surface area contributed by atoms with Gasteiger partial charge in [-0.3, -0.25) is 4.79 Å². The number of esters is 1. The molecule has 2 heteroatoms. The van der Waals surface area contributed by atoms with Crippen LogP contribution in [0.15, 0.2) is 30.4 Å². The van der Waals surface area contributed by atoms with Crippen LogP contribution in [0.2, 0.25) is 0 Å². The van der Waals surface area contributed by atoms with Crippen LogP contribution in [0.1, 0.15) is 30.5 Å². The largest absolute Gasteiger partial charge is 0.453 e. The number of benzene rings is 1. The summed E-state index contributed by atoms with van der Waals surface area (Å²) in [6.07, 6.45) is 3.66. The van der Waals surface area contributed by atoms with Crippen molar-refractivity contribution in [3.05, 3.63) is 47.0 Å². The van der Waals surface area contributed by atoms with E-state index in [1.807, 2.05) is 32.1 Å². The fourth-order valence-electron chi connectivity index (χ4n) is 1.64. The molecule has 17 heavy (non-hydrogen) atoms. The molecule has 0 spiro atoms. The van der Waals surface area contributed by atoms with Crippen molar-refractivity contribution in [1.29, 1.82) is 0 Å². The van der Waals surface area contributed by atoms with E-state index in [4.69, 9.17) is 4.74 Å². The van der Waals surface area contributed by atoms with Gasteiger partial charge in [0.2, 0.25) is 0 Å². The molecule has 1 aliphatic rings. The van der Waals surface area contributed by atoms with Crippen molar-refractivity contribution in [2.45, 2.75) is 39.2 Å². The third kappa shape index (κ3) is 2.41. The second-order valence-corrected chi connectivity index (χ2v) is 5.18. The summed E-state index contributed by atoms with van der Waals surface area (Å²) >= 11 is 0. The number of hydrogen-bond donors (Lipinski definition) is 0. The van der Waals surface area contributed by atoms with Gasteiger partial charge < -0.3 is 4.74 Å². The Hall–Kier alpha value is -1.57. The summed E-state index contributed by atoms with van der Waals surface area (Å²) in [6.45, 7) is 7.94. The summed E-state index contributed by atoms with van der Waals surface area (Å²) in [5, 5.41) is 0. The van der Waals surface area contributed by atoms with Crippen LogP contribution in [0, 0.1) is 13.8 Å². The molecular formula is C15H18O2. The van der Waals surface area contributed by atoms with Gasteiger partial charge in [-0.1, -0.05) is 18.2 Å². The van der Waals surface area contributed by atoms with Crippen molar-refractivity contribution >= 4 is 5.97 Å². The Morgan fingerprint density at radius 1 is 1.18 bits per heavy atom. The van der Waals surface area contributed by atoms with Crippen LogP contribution in [0.4, 0.5) is 0 Å². The lowest BCUT2D eigenvalue weighted by Gasteiger charge is -2.24. The fraction of sp³-hybridized carbons (Fsp3) is 0.400. The van der Waals surface area contributed by atoms with Crippen LogP contribution in [0.5, 0.6) is 0 Å². The van der Waals surface area contributed by atoms with E-state index in [2.05, 4.69) is 26.0 Å².